The summed E-state index contributed by atoms with van der Waals surface area (Å²) in [6.07, 6.45) is -0.620. The van der Waals surface area contributed by atoms with Gasteiger partial charge in [0, 0.05) is 24.0 Å². The van der Waals surface area contributed by atoms with E-state index in [-0.39, 0.29) is 23.2 Å². The lowest BCUT2D eigenvalue weighted by Crippen LogP contribution is -2.44. The number of ether oxygens (including phenoxy) is 1. The smallest absolute Gasteiger partial charge is 0.358 e. The Kier molecular flexibility index (Phi) is 5.61. The molecule has 2 heterocycles. The summed E-state index contributed by atoms with van der Waals surface area (Å²) >= 11 is 1.32. The van der Waals surface area contributed by atoms with Crippen LogP contribution in [0.25, 0.3) is 10.6 Å². The van der Waals surface area contributed by atoms with Crippen molar-refractivity contribution in [2.75, 3.05) is 18.6 Å². The van der Waals surface area contributed by atoms with Crippen molar-refractivity contribution in [1.82, 2.24) is 9.88 Å². The topological polar surface area (TPSA) is 93.6 Å². The molecule has 0 spiro atoms. The number of sulfone groups is 1. The Balaban J connectivity index is 1.62. The number of hydrogen-bond acceptors (Lipinski definition) is 7. The van der Waals surface area contributed by atoms with E-state index in [4.69, 9.17) is 4.74 Å². The maximum absolute atomic E-state index is 12.5. The van der Waals surface area contributed by atoms with Crippen LogP contribution in [0.5, 0.6) is 0 Å². The Hall–Kier alpha value is -2.26. The van der Waals surface area contributed by atoms with Crippen molar-refractivity contribution in [3.05, 3.63) is 41.4 Å². The molecule has 1 aliphatic rings. The summed E-state index contributed by atoms with van der Waals surface area (Å²) < 4.78 is 28.4. The number of aromatic nitrogens is 1. The van der Waals surface area contributed by atoms with Crippen LogP contribution in [-0.4, -0.2) is 60.9 Å². The van der Waals surface area contributed by atoms with Gasteiger partial charge in [0.05, 0.1) is 11.5 Å². The number of amides is 1. The average molecular weight is 409 g/mol. The average Bonchev–Trinajstić information content (AvgIpc) is 3.28. The van der Waals surface area contributed by atoms with Gasteiger partial charge in [0.2, 0.25) is 0 Å². The van der Waals surface area contributed by atoms with E-state index in [1.165, 1.54) is 30.2 Å². The lowest BCUT2D eigenvalue weighted by molar-refractivity contribution is -0.140. The van der Waals surface area contributed by atoms with E-state index in [1.807, 2.05) is 30.3 Å². The molecular weight excluding hydrogens is 388 g/mol. The largest absolute Gasteiger partial charge is 0.448 e. The number of thiazole rings is 1. The molecule has 0 unspecified atom stereocenters. The minimum Gasteiger partial charge on any atom is -0.448 e. The molecule has 2 aromatic rings. The maximum Gasteiger partial charge on any atom is 0.358 e. The predicted octanol–water partition coefficient (Wildman–Crippen LogP) is 2.00. The highest BCUT2D eigenvalue weighted by Gasteiger charge is 2.35. The molecule has 3 rings (SSSR count). The first-order valence-corrected chi connectivity index (χ1v) is 11.2. The van der Waals surface area contributed by atoms with Gasteiger partial charge in [-0.1, -0.05) is 30.3 Å². The molecule has 1 amide bonds. The van der Waals surface area contributed by atoms with Gasteiger partial charge in [-0.3, -0.25) is 4.79 Å². The van der Waals surface area contributed by atoms with Crippen LogP contribution in [0.1, 0.15) is 23.8 Å². The van der Waals surface area contributed by atoms with E-state index in [0.29, 0.717) is 11.4 Å². The summed E-state index contributed by atoms with van der Waals surface area (Å²) in [7, 11) is -1.56. The normalized spacial score (nSPS) is 19.4. The molecule has 1 saturated heterocycles. The van der Waals surface area contributed by atoms with E-state index in [9.17, 15) is 18.0 Å². The minimum absolute atomic E-state index is 0.0531. The van der Waals surface area contributed by atoms with Gasteiger partial charge in [-0.15, -0.1) is 11.3 Å². The van der Waals surface area contributed by atoms with Gasteiger partial charge in [-0.05, 0) is 13.3 Å². The first kappa shape index (κ1) is 19.5. The second kappa shape index (κ2) is 7.77. The Morgan fingerprint density at radius 1 is 1.30 bits per heavy atom. The minimum atomic E-state index is -3.10. The molecule has 144 valence electrons. The lowest BCUT2D eigenvalue weighted by atomic mass is 10.2. The van der Waals surface area contributed by atoms with Gasteiger partial charge in [0.15, 0.2) is 21.6 Å². The van der Waals surface area contributed by atoms with Gasteiger partial charge in [0.25, 0.3) is 5.91 Å². The second-order valence-corrected chi connectivity index (χ2v) is 9.54. The molecule has 27 heavy (non-hydrogen) atoms. The van der Waals surface area contributed by atoms with Crippen molar-refractivity contribution < 1.29 is 22.7 Å². The van der Waals surface area contributed by atoms with E-state index in [2.05, 4.69) is 4.98 Å². The maximum atomic E-state index is 12.5. The third kappa shape index (κ3) is 4.54. The van der Waals surface area contributed by atoms with Crippen LogP contribution in [0.2, 0.25) is 0 Å². The van der Waals surface area contributed by atoms with Gasteiger partial charge in [-0.25, -0.2) is 18.2 Å². The van der Waals surface area contributed by atoms with Crippen molar-refractivity contribution in [3.8, 4) is 10.6 Å². The molecule has 7 nitrogen and oxygen atoms in total. The number of nitrogens with zero attached hydrogens (tertiary/aromatic N) is 2. The van der Waals surface area contributed by atoms with Gasteiger partial charge in [0.1, 0.15) is 5.01 Å². The molecular formula is C18H20N2O5S2. The first-order chi connectivity index (χ1) is 12.8. The number of esters is 1. The summed E-state index contributed by atoms with van der Waals surface area (Å²) in [4.78, 5) is 30.4. The predicted molar refractivity (Wildman–Crippen MR) is 102 cm³/mol. The molecule has 0 N–H and O–H groups in total. The standard InChI is InChI=1S/C18H20N2O5S2/c1-12(17(21)20(2)14-8-9-27(23,24)11-14)25-18(22)15-10-26-16(19-15)13-6-4-3-5-7-13/h3-7,10,12,14H,8-9,11H2,1-2H3/t12-,14-/m0/s1. The summed E-state index contributed by atoms with van der Waals surface area (Å²) in [5.74, 6) is -1.09. The number of rotatable bonds is 5. The SMILES string of the molecule is C[C@H](OC(=O)c1csc(-c2ccccc2)n1)C(=O)N(C)[C@H]1CCS(=O)(=O)C1. The van der Waals surface area contributed by atoms with Crippen LogP contribution in [0, 0.1) is 0 Å². The highest BCUT2D eigenvalue weighted by Crippen LogP contribution is 2.24. The zero-order valence-corrected chi connectivity index (χ0v) is 16.6. The quantitative estimate of drug-likeness (QED) is 0.703. The highest BCUT2D eigenvalue weighted by atomic mass is 32.2. The van der Waals surface area contributed by atoms with E-state index in [0.717, 1.165) is 5.56 Å². The number of carbonyl (C=O) groups is 2. The van der Waals surface area contributed by atoms with E-state index in [1.54, 1.807) is 5.38 Å². The van der Waals surface area contributed by atoms with Crippen molar-refractivity contribution in [2.24, 2.45) is 0 Å². The second-order valence-electron chi connectivity index (χ2n) is 6.46. The van der Waals surface area contributed by atoms with E-state index >= 15 is 0 Å². The lowest BCUT2D eigenvalue weighted by Gasteiger charge is -2.26. The molecule has 1 aromatic heterocycles. The Labute approximate surface area is 161 Å². The third-order valence-electron chi connectivity index (χ3n) is 4.47. The van der Waals surface area contributed by atoms with Gasteiger partial charge in [-0.2, -0.15) is 0 Å². The van der Waals surface area contributed by atoms with Crippen LogP contribution in [0.15, 0.2) is 35.7 Å². The third-order valence-corrected chi connectivity index (χ3v) is 7.11. The van der Waals surface area contributed by atoms with Crippen LogP contribution in [0.4, 0.5) is 0 Å². The van der Waals surface area contributed by atoms with E-state index < -0.39 is 27.8 Å². The molecule has 0 aliphatic carbocycles. The zero-order valence-electron chi connectivity index (χ0n) is 15.0. The summed E-state index contributed by atoms with van der Waals surface area (Å²) in [5.41, 5.74) is 1.04. The van der Waals surface area contributed by atoms with Crippen LogP contribution >= 0.6 is 11.3 Å². The summed E-state index contributed by atoms with van der Waals surface area (Å²) in [5, 5.41) is 2.28. The molecule has 1 aromatic carbocycles. The van der Waals surface area contributed by atoms with Crippen molar-refractivity contribution in [3.63, 3.8) is 0 Å². The van der Waals surface area contributed by atoms with Gasteiger partial charge >= 0.3 is 5.97 Å². The van der Waals surface area contributed by atoms with Crippen LogP contribution < -0.4 is 0 Å². The van der Waals surface area contributed by atoms with Gasteiger partial charge < -0.3 is 9.64 Å². The highest BCUT2D eigenvalue weighted by molar-refractivity contribution is 7.91. The number of carbonyl (C=O) groups excluding carboxylic acids is 2. The zero-order chi connectivity index (χ0) is 19.6. The number of hydrogen-bond donors (Lipinski definition) is 0. The molecule has 1 aliphatic heterocycles. The fourth-order valence-corrected chi connectivity index (χ4v) is 5.47. The fourth-order valence-electron chi connectivity index (χ4n) is 2.90. The van der Waals surface area contributed by atoms with Crippen LogP contribution in [-0.2, 0) is 19.4 Å². The summed E-state index contributed by atoms with van der Waals surface area (Å²) in [6, 6.07) is 9.07. The Bertz CT molecular complexity index is 940. The first-order valence-electron chi connectivity index (χ1n) is 8.46. The molecule has 1 fully saturated rings. The molecule has 9 heteroatoms. The van der Waals surface area contributed by atoms with Crippen LogP contribution in [0.3, 0.4) is 0 Å². The monoisotopic (exact) mass is 408 g/mol. The number of benzene rings is 1. The Morgan fingerprint density at radius 2 is 2.00 bits per heavy atom. The summed E-state index contributed by atoms with van der Waals surface area (Å²) in [6.45, 7) is 1.48. The van der Waals surface area contributed by atoms with Crippen molar-refractivity contribution in [1.29, 1.82) is 0 Å². The molecule has 2 atom stereocenters. The molecule has 0 bridgehead atoms. The van der Waals surface area contributed by atoms with Crippen molar-refractivity contribution in [2.45, 2.75) is 25.5 Å². The van der Waals surface area contributed by atoms with Crippen molar-refractivity contribution >= 4 is 33.1 Å². The number of likely N-dealkylation sites (N-methyl/N-ethyl adjacent to an activating group) is 1. The Morgan fingerprint density at radius 3 is 2.63 bits per heavy atom. The fraction of sp³-hybridized carbons (Fsp3) is 0.389. The molecule has 0 radical (unpaired) electrons. The molecule has 0 saturated carbocycles.